The van der Waals surface area contributed by atoms with Crippen LogP contribution in [0.5, 0.6) is 5.75 Å². The van der Waals surface area contributed by atoms with E-state index in [1.807, 2.05) is 18.2 Å². The van der Waals surface area contributed by atoms with Crippen molar-refractivity contribution in [2.75, 3.05) is 17.7 Å². The summed E-state index contributed by atoms with van der Waals surface area (Å²) in [5, 5.41) is 9.52. The van der Waals surface area contributed by atoms with Gasteiger partial charge in [0.05, 0.1) is 12.8 Å². The van der Waals surface area contributed by atoms with Crippen molar-refractivity contribution in [1.29, 1.82) is 0 Å². The predicted octanol–water partition coefficient (Wildman–Crippen LogP) is 3.96. The second-order valence-electron chi connectivity index (χ2n) is 7.03. The number of benzene rings is 2. The number of ether oxygens (including phenoxy) is 1. The van der Waals surface area contributed by atoms with E-state index in [-0.39, 0.29) is 18.2 Å². The second kappa shape index (κ2) is 10.2. The van der Waals surface area contributed by atoms with Crippen LogP contribution in [-0.2, 0) is 11.2 Å². The molecule has 2 aromatic heterocycles. The molecular weight excluding hydrogens is 422 g/mol. The van der Waals surface area contributed by atoms with Gasteiger partial charge in [0.1, 0.15) is 5.75 Å². The van der Waals surface area contributed by atoms with Gasteiger partial charge < -0.3 is 19.9 Å². The highest BCUT2D eigenvalue weighted by Crippen LogP contribution is 2.24. The summed E-state index contributed by atoms with van der Waals surface area (Å²) < 4.78 is 10.4. The summed E-state index contributed by atoms with van der Waals surface area (Å²) in [5.74, 6) is 0.886. The number of hydrogen-bond acceptors (Lipinski definition) is 7. The summed E-state index contributed by atoms with van der Waals surface area (Å²) >= 11 is 0. The average molecular weight is 443 g/mol. The summed E-state index contributed by atoms with van der Waals surface area (Å²) in [5.41, 5.74) is 2.35. The number of pyridine rings is 1. The number of carbonyl (C=O) groups is 2. The minimum Gasteiger partial charge on any atom is -0.495 e. The van der Waals surface area contributed by atoms with Gasteiger partial charge in [-0.15, -0.1) is 0 Å². The van der Waals surface area contributed by atoms with Crippen molar-refractivity contribution in [2.45, 2.75) is 12.8 Å². The van der Waals surface area contributed by atoms with Gasteiger partial charge in [0.2, 0.25) is 17.6 Å². The molecule has 4 rings (SSSR count). The van der Waals surface area contributed by atoms with Gasteiger partial charge in [-0.25, -0.2) is 0 Å². The predicted molar refractivity (Wildman–Crippen MR) is 122 cm³/mol. The Bertz CT molecular complexity index is 1240. The van der Waals surface area contributed by atoms with Crippen molar-refractivity contribution in [1.82, 2.24) is 15.1 Å². The fourth-order valence-electron chi connectivity index (χ4n) is 3.06. The van der Waals surface area contributed by atoms with Gasteiger partial charge >= 0.3 is 0 Å². The minimum absolute atomic E-state index is 0.171. The lowest BCUT2D eigenvalue weighted by Crippen LogP contribution is -2.14. The van der Waals surface area contributed by atoms with E-state index in [9.17, 15) is 9.59 Å². The number of amides is 2. The van der Waals surface area contributed by atoms with Crippen molar-refractivity contribution in [2.24, 2.45) is 0 Å². The lowest BCUT2D eigenvalue weighted by atomic mass is 10.1. The second-order valence-corrected chi connectivity index (χ2v) is 7.03. The Kier molecular flexibility index (Phi) is 6.70. The number of anilines is 2. The number of carbonyl (C=O) groups excluding carboxylic acids is 2. The van der Waals surface area contributed by atoms with Crippen LogP contribution < -0.4 is 15.4 Å². The Balaban J connectivity index is 1.29. The van der Waals surface area contributed by atoms with E-state index in [2.05, 4.69) is 25.8 Å². The summed E-state index contributed by atoms with van der Waals surface area (Å²) in [6.07, 6.45) is 3.78. The maximum atomic E-state index is 12.5. The third kappa shape index (κ3) is 5.59. The minimum atomic E-state index is -0.279. The summed E-state index contributed by atoms with van der Waals surface area (Å²) in [6.45, 7) is 0. The Hall–Kier alpha value is -4.53. The molecule has 4 aromatic rings. The highest BCUT2D eigenvalue weighted by Gasteiger charge is 2.12. The van der Waals surface area contributed by atoms with E-state index in [4.69, 9.17) is 9.26 Å². The van der Waals surface area contributed by atoms with Crippen molar-refractivity contribution in [3.8, 4) is 17.1 Å². The van der Waals surface area contributed by atoms with Crippen molar-refractivity contribution in [3.05, 3.63) is 84.5 Å². The summed E-state index contributed by atoms with van der Waals surface area (Å²) in [7, 11) is 1.54. The zero-order valence-electron chi connectivity index (χ0n) is 17.8. The SMILES string of the molecule is COc1ccccc1NC(=O)c1ccc(NC(=O)CCc2nc(-c3cccnc3)no2)cc1. The number of para-hydroxylation sites is 2. The Morgan fingerprint density at radius 2 is 1.82 bits per heavy atom. The van der Waals surface area contributed by atoms with E-state index < -0.39 is 0 Å². The molecule has 0 saturated heterocycles. The molecule has 0 atom stereocenters. The van der Waals surface area contributed by atoms with Crippen LogP contribution in [0.3, 0.4) is 0 Å². The Labute approximate surface area is 189 Å². The third-order valence-electron chi connectivity index (χ3n) is 4.74. The fraction of sp³-hybridized carbons (Fsp3) is 0.125. The van der Waals surface area contributed by atoms with Crippen LogP contribution >= 0.6 is 0 Å². The van der Waals surface area contributed by atoms with Crippen LogP contribution in [0.2, 0.25) is 0 Å². The molecule has 0 fully saturated rings. The lowest BCUT2D eigenvalue weighted by molar-refractivity contribution is -0.116. The monoisotopic (exact) mass is 443 g/mol. The number of nitrogens with one attached hydrogen (secondary N) is 2. The summed E-state index contributed by atoms with van der Waals surface area (Å²) in [4.78, 5) is 33.1. The van der Waals surface area contributed by atoms with Crippen LogP contribution in [0.15, 0.2) is 77.6 Å². The third-order valence-corrected chi connectivity index (χ3v) is 4.74. The fourth-order valence-corrected chi connectivity index (χ4v) is 3.06. The zero-order chi connectivity index (χ0) is 23.0. The average Bonchev–Trinajstić information content (AvgIpc) is 3.33. The van der Waals surface area contributed by atoms with Gasteiger partial charge in [0.15, 0.2) is 0 Å². The Morgan fingerprint density at radius 1 is 1.00 bits per heavy atom. The number of aryl methyl sites for hydroxylation is 1. The van der Waals surface area contributed by atoms with Crippen molar-refractivity contribution in [3.63, 3.8) is 0 Å². The van der Waals surface area contributed by atoms with Gasteiger partial charge in [-0.2, -0.15) is 4.98 Å². The molecule has 0 unspecified atom stereocenters. The van der Waals surface area contributed by atoms with Crippen molar-refractivity contribution < 1.29 is 18.8 Å². The number of methoxy groups -OCH3 is 1. The quantitative estimate of drug-likeness (QED) is 0.423. The van der Waals surface area contributed by atoms with E-state index in [0.29, 0.717) is 40.8 Å². The highest BCUT2D eigenvalue weighted by atomic mass is 16.5. The molecule has 0 aliphatic carbocycles. The van der Waals surface area contributed by atoms with Gasteiger partial charge in [0.25, 0.3) is 5.91 Å². The zero-order valence-corrected chi connectivity index (χ0v) is 17.8. The standard InChI is InChI=1S/C24H21N5O4/c1-32-20-7-3-2-6-19(20)27-24(31)16-8-10-18(11-9-16)26-21(30)12-13-22-28-23(29-33-22)17-5-4-14-25-15-17/h2-11,14-15H,12-13H2,1H3,(H,26,30)(H,27,31). The molecule has 0 spiro atoms. The maximum absolute atomic E-state index is 12.5. The van der Waals surface area contributed by atoms with Crippen LogP contribution in [0.4, 0.5) is 11.4 Å². The van der Waals surface area contributed by atoms with E-state index in [1.54, 1.807) is 62.0 Å². The number of rotatable bonds is 8. The van der Waals surface area contributed by atoms with Gasteiger partial charge in [-0.3, -0.25) is 14.6 Å². The molecule has 0 radical (unpaired) electrons. The first-order chi connectivity index (χ1) is 16.1. The molecule has 2 heterocycles. The van der Waals surface area contributed by atoms with Gasteiger partial charge in [0, 0.05) is 42.0 Å². The molecule has 2 N–H and O–H groups in total. The molecular formula is C24H21N5O4. The maximum Gasteiger partial charge on any atom is 0.255 e. The van der Waals surface area contributed by atoms with E-state index in [1.165, 1.54) is 0 Å². The van der Waals surface area contributed by atoms with E-state index in [0.717, 1.165) is 5.56 Å². The topological polar surface area (TPSA) is 119 Å². The summed E-state index contributed by atoms with van der Waals surface area (Å²) in [6, 6.07) is 17.4. The Morgan fingerprint density at radius 3 is 2.58 bits per heavy atom. The van der Waals surface area contributed by atoms with Gasteiger partial charge in [-0.1, -0.05) is 17.3 Å². The molecule has 2 amide bonds. The van der Waals surface area contributed by atoms with Crippen molar-refractivity contribution >= 4 is 23.2 Å². The molecule has 0 aliphatic rings. The smallest absolute Gasteiger partial charge is 0.255 e. The number of hydrogen-bond donors (Lipinski definition) is 2. The van der Waals surface area contributed by atoms with Crippen LogP contribution in [0, 0.1) is 0 Å². The molecule has 0 saturated carbocycles. The highest BCUT2D eigenvalue weighted by molar-refractivity contribution is 6.05. The first kappa shape index (κ1) is 21.7. The first-order valence-corrected chi connectivity index (χ1v) is 10.2. The van der Waals surface area contributed by atoms with E-state index >= 15 is 0 Å². The molecule has 9 nitrogen and oxygen atoms in total. The molecule has 0 aliphatic heterocycles. The molecule has 166 valence electrons. The van der Waals surface area contributed by atoms with Crippen LogP contribution in [0.1, 0.15) is 22.7 Å². The van der Waals surface area contributed by atoms with Crippen LogP contribution in [-0.4, -0.2) is 34.0 Å². The number of nitrogens with zero attached hydrogens (tertiary/aromatic N) is 3. The largest absolute Gasteiger partial charge is 0.495 e. The normalized spacial score (nSPS) is 10.5. The molecule has 33 heavy (non-hydrogen) atoms. The molecule has 2 aromatic carbocycles. The van der Waals surface area contributed by atoms with Gasteiger partial charge in [-0.05, 0) is 48.5 Å². The number of aromatic nitrogens is 3. The molecule has 0 bridgehead atoms. The lowest BCUT2D eigenvalue weighted by Gasteiger charge is -2.10. The first-order valence-electron chi connectivity index (χ1n) is 10.2. The van der Waals surface area contributed by atoms with Crippen LogP contribution in [0.25, 0.3) is 11.4 Å². The molecule has 9 heteroatoms.